The van der Waals surface area contributed by atoms with Crippen LogP contribution in [-0.2, 0) is 9.59 Å². The number of rotatable bonds is 8. The first kappa shape index (κ1) is 20.4. The summed E-state index contributed by atoms with van der Waals surface area (Å²) in [5.41, 5.74) is 1.21. The Hall–Kier alpha value is -1.92. The first-order chi connectivity index (χ1) is 14.2. The summed E-state index contributed by atoms with van der Waals surface area (Å²) in [6.45, 7) is 3.94. The van der Waals surface area contributed by atoms with E-state index in [0.29, 0.717) is 24.9 Å². The molecule has 0 radical (unpaired) electrons. The van der Waals surface area contributed by atoms with Gasteiger partial charge in [-0.15, -0.1) is 0 Å². The van der Waals surface area contributed by atoms with Gasteiger partial charge in [-0.2, -0.15) is 0 Å². The van der Waals surface area contributed by atoms with E-state index in [9.17, 15) is 9.59 Å². The molecule has 1 saturated carbocycles. The number of nitrogens with one attached hydrogen (secondary N) is 3. The van der Waals surface area contributed by atoms with Gasteiger partial charge in [0.15, 0.2) is 0 Å². The van der Waals surface area contributed by atoms with E-state index in [4.69, 9.17) is 0 Å². The van der Waals surface area contributed by atoms with Gasteiger partial charge in [-0.25, -0.2) is 0 Å². The molecular formula is C23H34N4O2. The number of benzene rings is 1. The maximum Gasteiger partial charge on any atom is 0.237 e. The zero-order chi connectivity index (χ0) is 20.1. The fraction of sp³-hybridized carbons (Fsp3) is 0.652. The number of carbonyl (C=O) groups excluding carboxylic acids is 2. The van der Waals surface area contributed by atoms with Crippen molar-refractivity contribution in [1.82, 2.24) is 20.9 Å². The van der Waals surface area contributed by atoms with Crippen LogP contribution in [0.3, 0.4) is 0 Å². The van der Waals surface area contributed by atoms with Crippen LogP contribution in [0.2, 0.25) is 0 Å². The molecule has 0 bridgehead atoms. The number of hydrogen-bond acceptors (Lipinski definition) is 4. The second-order valence-corrected chi connectivity index (χ2v) is 8.93. The van der Waals surface area contributed by atoms with Gasteiger partial charge in [-0.3, -0.25) is 14.5 Å². The van der Waals surface area contributed by atoms with Crippen LogP contribution >= 0.6 is 0 Å². The fourth-order valence-electron chi connectivity index (χ4n) is 4.72. The maximum absolute atomic E-state index is 12.7. The maximum atomic E-state index is 12.7. The van der Waals surface area contributed by atoms with Gasteiger partial charge in [-0.05, 0) is 69.0 Å². The number of piperidine rings is 1. The second kappa shape index (κ2) is 9.72. The lowest BCUT2D eigenvalue weighted by Crippen LogP contribution is -2.47. The lowest BCUT2D eigenvalue weighted by molar-refractivity contribution is -0.124. The van der Waals surface area contributed by atoms with Crippen molar-refractivity contribution in [3.05, 3.63) is 35.9 Å². The third-order valence-electron chi connectivity index (χ3n) is 6.48. The molecule has 3 atom stereocenters. The lowest BCUT2D eigenvalue weighted by atomic mass is 9.97. The summed E-state index contributed by atoms with van der Waals surface area (Å²) in [5.74, 6) is 1.25. The largest absolute Gasteiger partial charge is 0.354 e. The van der Waals surface area contributed by atoms with Crippen molar-refractivity contribution < 1.29 is 9.59 Å². The van der Waals surface area contributed by atoms with Crippen molar-refractivity contribution in [2.24, 2.45) is 11.8 Å². The molecule has 4 rings (SSSR count). The van der Waals surface area contributed by atoms with Crippen molar-refractivity contribution in [2.45, 2.75) is 50.6 Å². The highest BCUT2D eigenvalue weighted by molar-refractivity contribution is 5.82. The van der Waals surface area contributed by atoms with E-state index < -0.39 is 0 Å². The van der Waals surface area contributed by atoms with E-state index in [-0.39, 0.29) is 23.9 Å². The Morgan fingerprint density at radius 3 is 2.66 bits per heavy atom. The molecule has 2 aliphatic heterocycles. The molecule has 0 aromatic heterocycles. The van der Waals surface area contributed by atoms with Crippen LogP contribution in [0, 0.1) is 11.8 Å². The molecule has 2 saturated heterocycles. The fourth-order valence-corrected chi connectivity index (χ4v) is 4.72. The predicted molar refractivity (Wildman–Crippen MR) is 113 cm³/mol. The van der Waals surface area contributed by atoms with E-state index >= 15 is 0 Å². The van der Waals surface area contributed by atoms with E-state index in [0.717, 1.165) is 45.3 Å². The summed E-state index contributed by atoms with van der Waals surface area (Å²) in [6.07, 6.45) is 6.61. The quantitative estimate of drug-likeness (QED) is 0.625. The highest BCUT2D eigenvalue weighted by atomic mass is 16.2. The molecule has 3 unspecified atom stereocenters. The molecule has 1 aromatic carbocycles. The minimum absolute atomic E-state index is 0.0159. The standard InChI is InChI=1S/C23H34N4O2/c28-21(26-22(19-10-11-19)18-7-2-1-3-8-18)16-27-13-5-6-17(15-27)14-25-23(29)20-9-4-12-24-20/h1-3,7-8,17,19-20,22,24H,4-6,9-16H2,(H,25,29)(H,26,28). The van der Waals surface area contributed by atoms with Crippen molar-refractivity contribution in [1.29, 1.82) is 0 Å². The molecule has 6 heteroatoms. The Morgan fingerprint density at radius 2 is 1.93 bits per heavy atom. The normalized spacial score (nSPS) is 26.1. The summed E-state index contributed by atoms with van der Waals surface area (Å²) in [7, 11) is 0. The predicted octanol–water partition coefficient (Wildman–Crippen LogP) is 1.83. The lowest BCUT2D eigenvalue weighted by Gasteiger charge is -2.33. The topological polar surface area (TPSA) is 73.5 Å². The highest BCUT2D eigenvalue weighted by Gasteiger charge is 2.34. The molecule has 1 aromatic rings. The zero-order valence-electron chi connectivity index (χ0n) is 17.2. The molecular weight excluding hydrogens is 364 g/mol. The monoisotopic (exact) mass is 398 g/mol. The van der Waals surface area contributed by atoms with Gasteiger partial charge in [0.05, 0.1) is 18.6 Å². The molecule has 3 aliphatic rings. The molecule has 6 nitrogen and oxygen atoms in total. The van der Waals surface area contributed by atoms with Crippen molar-refractivity contribution in [3.8, 4) is 0 Å². The van der Waals surface area contributed by atoms with Crippen LogP contribution in [0.25, 0.3) is 0 Å². The van der Waals surface area contributed by atoms with Crippen LogP contribution in [-0.4, -0.2) is 55.5 Å². The van der Waals surface area contributed by atoms with Crippen LogP contribution in [0.1, 0.15) is 50.1 Å². The average molecular weight is 399 g/mol. The summed E-state index contributed by atoms with van der Waals surface area (Å²) < 4.78 is 0. The Morgan fingerprint density at radius 1 is 1.10 bits per heavy atom. The van der Waals surface area contributed by atoms with Gasteiger partial charge >= 0.3 is 0 Å². The van der Waals surface area contributed by atoms with E-state index in [2.05, 4.69) is 33.0 Å². The van der Waals surface area contributed by atoms with Crippen molar-refractivity contribution in [2.75, 3.05) is 32.7 Å². The average Bonchev–Trinajstić information content (AvgIpc) is 3.43. The van der Waals surface area contributed by atoms with Gasteiger partial charge in [0.2, 0.25) is 11.8 Å². The number of likely N-dealkylation sites (tertiary alicyclic amines) is 1. The number of carbonyl (C=O) groups is 2. The molecule has 0 spiro atoms. The summed E-state index contributed by atoms with van der Waals surface area (Å²) in [5, 5.41) is 9.65. The molecule has 3 fully saturated rings. The van der Waals surface area contributed by atoms with Crippen LogP contribution in [0.4, 0.5) is 0 Å². The molecule has 2 amide bonds. The van der Waals surface area contributed by atoms with E-state index in [1.165, 1.54) is 18.4 Å². The summed E-state index contributed by atoms with van der Waals surface area (Å²) in [4.78, 5) is 27.2. The highest BCUT2D eigenvalue weighted by Crippen LogP contribution is 2.40. The smallest absolute Gasteiger partial charge is 0.237 e. The molecule has 2 heterocycles. The van der Waals surface area contributed by atoms with Crippen LogP contribution in [0.15, 0.2) is 30.3 Å². The Bertz CT molecular complexity index is 685. The van der Waals surface area contributed by atoms with Gasteiger partial charge in [0.1, 0.15) is 0 Å². The van der Waals surface area contributed by atoms with E-state index in [1.807, 2.05) is 18.2 Å². The van der Waals surface area contributed by atoms with E-state index in [1.54, 1.807) is 0 Å². The first-order valence-corrected chi connectivity index (χ1v) is 11.3. The van der Waals surface area contributed by atoms with Crippen LogP contribution < -0.4 is 16.0 Å². The third-order valence-corrected chi connectivity index (χ3v) is 6.48. The third kappa shape index (κ3) is 5.80. The number of amides is 2. The Labute approximate surface area is 173 Å². The van der Waals surface area contributed by atoms with Crippen molar-refractivity contribution >= 4 is 11.8 Å². The Balaban J connectivity index is 1.23. The van der Waals surface area contributed by atoms with Gasteiger partial charge in [-0.1, -0.05) is 30.3 Å². The molecule has 3 N–H and O–H groups in total. The first-order valence-electron chi connectivity index (χ1n) is 11.3. The molecule has 29 heavy (non-hydrogen) atoms. The number of nitrogens with zero attached hydrogens (tertiary/aromatic N) is 1. The minimum Gasteiger partial charge on any atom is -0.354 e. The van der Waals surface area contributed by atoms with Gasteiger partial charge in [0.25, 0.3) is 0 Å². The summed E-state index contributed by atoms with van der Waals surface area (Å²) in [6, 6.07) is 10.5. The minimum atomic E-state index is -0.0159. The Kier molecular flexibility index (Phi) is 6.82. The number of hydrogen-bond donors (Lipinski definition) is 3. The second-order valence-electron chi connectivity index (χ2n) is 8.93. The van der Waals surface area contributed by atoms with Crippen molar-refractivity contribution in [3.63, 3.8) is 0 Å². The van der Waals surface area contributed by atoms with Crippen LogP contribution in [0.5, 0.6) is 0 Å². The zero-order valence-corrected chi connectivity index (χ0v) is 17.2. The van der Waals surface area contributed by atoms with Gasteiger partial charge in [0, 0.05) is 13.1 Å². The molecule has 158 valence electrons. The molecule has 1 aliphatic carbocycles. The summed E-state index contributed by atoms with van der Waals surface area (Å²) >= 11 is 0. The van der Waals surface area contributed by atoms with Gasteiger partial charge < -0.3 is 16.0 Å². The SMILES string of the molecule is O=C(CN1CCCC(CNC(=O)C2CCCN2)C1)NC(c1ccccc1)C1CC1.